The van der Waals surface area contributed by atoms with Crippen molar-refractivity contribution in [3.05, 3.63) is 82.1 Å². The van der Waals surface area contributed by atoms with Crippen LogP contribution in [0.1, 0.15) is 56.5 Å². The largest absolute Gasteiger partial charge is 0.367 e. The highest BCUT2D eigenvalue weighted by Gasteiger charge is 2.39. The van der Waals surface area contributed by atoms with Gasteiger partial charge in [-0.2, -0.15) is 0 Å². The van der Waals surface area contributed by atoms with Gasteiger partial charge in [-0.25, -0.2) is 14.8 Å². The molecule has 2 aromatic carbocycles. The summed E-state index contributed by atoms with van der Waals surface area (Å²) < 4.78 is 0. The predicted octanol–water partition coefficient (Wildman–Crippen LogP) is 4.29. The summed E-state index contributed by atoms with van der Waals surface area (Å²) in [6.45, 7) is 3.72. The predicted molar refractivity (Wildman–Crippen MR) is 109 cm³/mol. The number of rotatable bonds is 4. The van der Waals surface area contributed by atoms with Crippen LogP contribution in [0.25, 0.3) is 11.4 Å². The zero-order valence-electron chi connectivity index (χ0n) is 16.1. The quantitative estimate of drug-likeness (QED) is 0.584. The average molecular weight is 422 g/mol. The molecule has 0 atom stereocenters. The molecule has 4 rings (SSSR count). The van der Waals surface area contributed by atoms with E-state index in [4.69, 9.17) is 16.4 Å². The van der Waals surface area contributed by atoms with Crippen LogP contribution in [-0.2, 0) is 4.84 Å². The number of imide groups is 1. The van der Waals surface area contributed by atoms with Crippen molar-refractivity contribution in [2.24, 2.45) is 0 Å². The van der Waals surface area contributed by atoms with E-state index in [1.165, 1.54) is 18.3 Å². The van der Waals surface area contributed by atoms with Gasteiger partial charge in [0, 0.05) is 11.8 Å². The molecular formula is C22H16ClN3O4. The molecule has 0 N–H and O–H groups in total. The molecule has 8 heteroatoms. The van der Waals surface area contributed by atoms with Crippen molar-refractivity contribution >= 4 is 29.4 Å². The second kappa shape index (κ2) is 7.68. The maximum atomic E-state index is 12.8. The van der Waals surface area contributed by atoms with Gasteiger partial charge in [-0.1, -0.05) is 54.8 Å². The topological polar surface area (TPSA) is 89.5 Å². The van der Waals surface area contributed by atoms with Crippen LogP contribution in [0.15, 0.2) is 54.7 Å². The van der Waals surface area contributed by atoms with Gasteiger partial charge < -0.3 is 4.84 Å². The number of benzene rings is 2. The van der Waals surface area contributed by atoms with Crippen LogP contribution in [0, 0.1) is 0 Å². The van der Waals surface area contributed by atoms with E-state index in [0.717, 1.165) is 0 Å². The third kappa shape index (κ3) is 3.33. The van der Waals surface area contributed by atoms with E-state index >= 15 is 0 Å². The smallest absolute Gasteiger partial charge is 0.324 e. The Morgan fingerprint density at radius 2 is 1.53 bits per heavy atom. The molecule has 3 aromatic rings. The summed E-state index contributed by atoms with van der Waals surface area (Å²) in [6, 6.07) is 13.4. The average Bonchev–Trinajstić information content (AvgIpc) is 2.98. The first kappa shape index (κ1) is 19.7. The minimum atomic E-state index is -0.890. The van der Waals surface area contributed by atoms with Crippen LogP contribution in [0.2, 0.25) is 5.02 Å². The summed E-state index contributed by atoms with van der Waals surface area (Å²) >= 11 is 6.23. The van der Waals surface area contributed by atoms with Gasteiger partial charge in [-0.3, -0.25) is 9.59 Å². The number of aromatic nitrogens is 2. The standard InChI is InChI=1S/C22H16ClN3O4/c1-12(2)18-16(11-24-19(25-18)15-9-5-6-10-17(15)23)22(29)30-26-20(27)13-7-3-4-8-14(13)21(26)28/h3-12H,1-2H3. The molecule has 0 fully saturated rings. The van der Waals surface area contributed by atoms with Crippen LogP contribution in [-0.4, -0.2) is 32.8 Å². The van der Waals surface area contributed by atoms with Crippen molar-refractivity contribution in [2.75, 3.05) is 0 Å². The van der Waals surface area contributed by atoms with Crippen molar-refractivity contribution in [1.82, 2.24) is 15.0 Å². The summed E-state index contributed by atoms with van der Waals surface area (Å²) in [6.07, 6.45) is 1.32. The number of carbonyl (C=O) groups excluding carboxylic acids is 3. The molecule has 150 valence electrons. The molecule has 0 unspecified atom stereocenters. The number of hydroxylamine groups is 2. The summed E-state index contributed by atoms with van der Waals surface area (Å²) in [5.74, 6) is -2.06. The molecule has 1 aromatic heterocycles. The van der Waals surface area contributed by atoms with E-state index in [2.05, 4.69) is 9.97 Å². The lowest BCUT2D eigenvalue weighted by molar-refractivity contribution is -0.0586. The molecule has 1 aliphatic heterocycles. The first-order valence-electron chi connectivity index (χ1n) is 9.20. The minimum Gasteiger partial charge on any atom is -0.324 e. The fraction of sp³-hybridized carbons (Fsp3) is 0.136. The molecule has 2 amide bonds. The Bertz CT molecular complexity index is 1160. The van der Waals surface area contributed by atoms with E-state index in [0.29, 0.717) is 27.2 Å². The molecule has 7 nitrogen and oxygen atoms in total. The molecule has 1 aliphatic rings. The molecule has 0 saturated carbocycles. The molecule has 2 heterocycles. The molecule has 30 heavy (non-hydrogen) atoms. The zero-order chi connectivity index (χ0) is 21.4. The lowest BCUT2D eigenvalue weighted by Gasteiger charge is -2.16. The Hall–Kier alpha value is -3.58. The summed E-state index contributed by atoms with van der Waals surface area (Å²) in [5, 5.41) is 0.951. The van der Waals surface area contributed by atoms with E-state index in [-0.39, 0.29) is 22.6 Å². The lowest BCUT2D eigenvalue weighted by Crippen LogP contribution is -2.33. The molecule has 0 saturated heterocycles. The van der Waals surface area contributed by atoms with Gasteiger partial charge in [0.15, 0.2) is 5.82 Å². The fourth-order valence-electron chi connectivity index (χ4n) is 3.15. The first-order chi connectivity index (χ1) is 14.4. The van der Waals surface area contributed by atoms with E-state index in [1.54, 1.807) is 30.3 Å². The van der Waals surface area contributed by atoms with Crippen molar-refractivity contribution in [3.8, 4) is 11.4 Å². The van der Waals surface area contributed by atoms with Crippen LogP contribution in [0.4, 0.5) is 0 Å². The van der Waals surface area contributed by atoms with Crippen molar-refractivity contribution in [1.29, 1.82) is 0 Å². The number of carbonyl (C=O) groups is 3. The molecule has 0 radical (unpaired) electrons. The van der Waals surface area contributed by atoms with Gasteiger partial charge in [0.2, 0.25) is 0 Å². The summed E-state index contributed by atoms with van der Waals surface area (Å²) in [4.78, 5) is 51.6. The number of amides is 2. The Kier molecular flexibility index (Phi) is 5.05. The first-order valence-corrected chi connectivity index (χ1v) is 9.58. The van der Waals surface area contributed by atoms with Crippen LogP contribution < -0.4 is 0 Å². The summed E-state index contributed by atoms with van der Waals surface area (Å²) in [7, 11) is 0. The maximum absolute atomic E-state index is 12.8. The Morgan fingerprint density at radius 3 is 2.10 bits per heavy atom. The fourth-order valence-corrected chi connectivity index (χ4v) is 3.37. The van der Waals surface area contributed by atoms with Crippen molar-refractivity contribution in [2.45, 2.75) is 19.8 Å². The summed E-state index contributed by atoms with van der Waals surface area (Å²) in [5.41, 5.74) is 1.48. The Labute approximate surface area is 177 Å². The molecule has 0 spiro atoms. The number of hydrogen-bond acceptors (Lipinski definition) is 6. The number of halogens is 1. The SMILES string of the molecule is CC(C)c1nc(-c2ccccc2Cl)ncc1C(=O)ON1C(=O)c2ccccc2C1=O. The second-order valence-electron chi connectivity index (χ2n) is 6.96. The van der Waals surface area contributed by atoms with E-state index in [1.807, 2.05) is 19.9 Å². The number of fused-ring (bicyclic) bond motifs is 1. The van der Waals surface area contributed by atoms with Gasteiger partial charge in [0.25, 0.3) is 11.8 Å². The minimum absolute atomic E-state index is 0.0670. The monoisotopic (exact) mass is 421 g/mol. The maximum Gasteiger partial charge on any atom is 0.367 e. The zero-order valence-corrected chi connectivity index (χ0v) is 16.9. The van der Waals surface area contributed by atoms with Crippen molar-refractivity contribution < 1.29 is 19.2 Å². The van der Waals surface area contributed by atoms with E-state index < -0.39 is 17.8 Å². The normalized spacial score (nSPS) is 13.0. The molecule has 0 aliphatic carbocycles. The van der Waals surface area contributed by atoms with Gasteiger partial charge in [-0.15, -0.1) is 0 Å². The van der Waals surface area contributed by atoms with Gasteiger partial charge in [0.1, 0.15) is 5.56 Å². The second-order valence-corrected chi connectivity index (χ2v) is 7.36. The van der Waals surface area contributed by atoms with Gasteiger partial charge in [-0.05, 0) is 30.2 Å². The molecule has 0 bridgehead atoms. The van der Waals surface area contributed by atoms with Gasteiger partial charge >= 0.3 is 5.97 Å². The number of hydrogen-bond donors (Lipinski definition) is 0. The molecular weight excluding hydrogens is 406 g/mol. The highest BCUT2D eigenvalue weighted by atomic mass is 35.5. The lowest BCUT2D eigenvalue weighted by atomic mass is 10.0. The Morgan fingerprint density at radius 1 is 0.967 bits per heavy atom. The van der Waals surface area contributed by atoms with Crippen LogP contribution in [0.5, 0.6) is 0 Å². The third-order valence-corrected chi connectivity index (χ3v) is 4.96. The van der Waals surface area contributed by atoms with Crippen molar-refractivity contribution in [3.63, 3.8) is 0 Å². The van der Waals surface area contributed by atoms with Crippen LogP contribution in [0.3, 0.4) is 0 Å². The van der Waals surface area contributed by atoms with E-state index in [9.17, 15) is 14.4 Å². The Balaban J connectivity index is 1.66. The number of nitrogens with zero attached hydrogens (tertiary/aromatic N) is 3. The highest BCUT2D eigenvalue weighted by Crippen LogP contribution is 2.28. The van der Waals surface area contributed by atoms with Gasteiger partial charge in [0.05, 0.1) is 21.8 Å². The highest BCUT2D eigenvalue weighted by molar-refractivity contribution is 6.33. The third-order valence-electron chi connectivity index (χ3n) is 4.63. The van der Waals surface area contributed by atoms with Crippen LogP contribution >= 0.6 is 11.6 Å².